The molecule has 0 radical (unpaired) electrons. The average Bonchev–Trinajstić information content (AvgIpc) is 2.28. The Labute approximate surface area is 108 Å². The maximum atomic E-state index is 12.6. The first-order chi connectivity index (χ1) is 7.95. The number of hydrogen-bond donors (Lipinski definition) is 1. The summed E-state index contributed by atoms with van der Waals surface area (Å²) >= 11 is 3.23. The Morgan fingerprint density at radius 1 is 1.29 bits per heavy atom. The fourth-order valence-electron chi connectivity index (χ4n) is 1.14. The molecule has 0 fully saturated rings. The quantitative estimate of drug-likeness (QED) is 0.511. The van der Waals surface area contributed by atoms with Crippen molar-refractivity contribution < 1.29 is 17.1 Å². The van der Waals surface area contributed by atoms with Gasteiger partial charge in [-0.25, -0.2) is 0 Å². The van der Waals surface area contributed by atoms with Gasteiger partial charge < -0.3 is 5.32 Å². The van der Waals surface area contributed by atoms with Gasteiger partial charge in [-0.1, -0.05) is 15.9 Å². The molecular formula is C10H11BrFNO3S. The van der Waals surface area contributed by atoms with Crippen molar-refractivity contribution in [2.24, 2.45) is 0 Å². The summed E-state index contributed by atoms with van der Waals surface area (Å²) in [6.45, 7) is 0.521. The second kappa shape index (κ2) is 6.11. The van der Waals surface area contributed by atoms with Crippen molar-refractivity contribution in [1.82, 2.24) is 5.32 Å². The molecule has 7 heteroatoms. The molecule has 0 bridgehead atoms. The van der Waals surface area contributed by atoms with E-state index in [2.05, 4.69) is 21.2 Å². The van der Waals surface area contributed by atoms with Crippen molar-refractivity contribution >= 4 is 32.1 Å². The highest BCUT2D eigenvalue weighted by molar-refractivity contribution is 9.09. The molecule has 1 aromatic rings. The summed E-state index contributed by atoms with van der Waals surface area (Å²) < 4.78 is 33.7. The van der Waals surface area contributed by atoms with Crippen LogP contribution in [0.4, 0.5) is 3.89 Å². The Morgan fingerprint density at radius 2 is 1.88 bits per heavy atom. The van der Waals surface area contributed by atoms with Crippen molar-refractivity contribution in [3.8, 4) is 0 Å². The van der Waals surface area contributed by atoms with E-state index in [1.807, 2.05) is 0 Å². The molecule has 1 amide bonds. The highest BCUT2D eigenvalue weighted by atomic mass is 79.9. The number of rotatable bonds is 5. The third-order valence-corrected chi connectivity index (χ3v) is 3.39. The van der Waals surface area contributed by atoms with E-state index in [9.17, 15) is 17.1 Å². The van der Waals surface area contributed by atoms with E-state index in [0.29, 0.717) is 12.1 Å². The van der Waals surface area contributed by atoms with E-state index in [1.165, 1.54) is 12.1 Å². The maximum Gasteiger partial charge on any atom is 0.332 e. The van der Waals surface area contributed by atoms with E-state index in [1.54, 1.807) is 0 Å². The highest BCUT2D eigenvalue weighted by Crippen LogP contribution is 2.12. The Hall–Kier alpha value is -0.950. The normalized spacial score (nSPS) is 11.2. The van der Waals surface area contributed by atoms with Gasteiger partial charge in [-0.15, -0.1) is 3.89 Å². The van der Waals surface area contributed by atoms with Crippen LogP contribution in [0.25, 0.3) is 0 Å². The molecule has 17 heavy (non-hydrogen) atoms. The van der Waals surface area contributed by atoms with Crippen LogP contribution in [-0.4, -0.2) is 26.2 Å². The number of hydrogen-bond acceptors (Lipinski definition) is 3. The second-order valence-corrected chi connectivity index (χ2v) is 5.40. The lowest BCUT2D eigenvalue weighted by molar-refractivity contribution is 0.0953. The zero-order valence-corrected chi connectivity index (χ0v) is 11.2. The lowest BCUT2D eigenvalue weighted by Gasteiger charge is -2.04. The van der Waals surface area contributed by atoms with Crippen LogP contribution in [0.5, 0.6) is 0 Å². The van der Waals surface area contributed by atoms with Gasteiger partial charge in [0.1, 0.15) is 0 Å². The van der Waals surface area contributed by atoms with E-state index in [0.717, 1.165) is 23.9 Å². The maximum absolute atomic E-state index is 12.6. The van der Waals surface area contributed by atoms with Crippen LogP contribution < -0.4 is 5.32 Å². The van der Waals surface area contributed by atoms with Crippen molar-refractivity contribution in [2.75, 3.05) is 11.9 Å². The third kappa shape index (κ3) is 4.43. The van der Waals surface area contributed by atoms with Crippen LogP contribution >= 0.6 is 15.9 Å². The van der Waals surface area contributed by atoms with Crippen LogP contribution in [0.2, 0.25) is 0 Å². The van der Waals surface area contributed by atoms with Crippen molar-refractivity contribution in [2.45, 2.75) is 11.3 Å². The minimum atomic E-state index is -4.70. The van der Waals surface area contributed by atoms with Crippen molar-refractivity contribution in [3.63, 3.8) is 0 Å². The number of carbonyl (C=O) groups is 1. The predicted molar refractivity (Wildman–Crippen MR) is 65.5 cm³/mol. The molecule has 1 aromatic carbocycles. The van der Waals surface area contributed by atoms with Gasteiger partial charge in [0, 0.05) is 17.4 Å². The number of amides is 1. The summed E-state index contributed by atoms with van der Waals surface area (Å²) in [5.41, 5.74) is 0.298. The first-order valence-corrected chi connectivity index (χ1v) is 7.34. The van der Waals surface area contributed by atoms with Crippen LogP contribution in [0, 0.1) is 0 Å². The molecule has 94 valence electrons. The van der Waals surface area contributed by atoms with Gasteiger partial charge in [-0.3, -0.25) is 4.79 Å². The largest absolute Gasteiger partial charge is 0.352 e. The first-order valence-electron chi connectivity index (χ1n) is 4.84. The molecular weight excluding hydrogens is 313 g/mol. The number of benzene rings is 1. The van der Waals surface area contributed by atoms with E-state index < -0.39 is 15.1 Å². The Bertz CT molecular complexity index is 487. The standard InChI is InChI=1S/C10H11BrFNO3S/c11-6-1-7-13-10(14)8-2-4-9(5-3-8)17(12,15)16/h2-5H,1,6-7H2,(H,13,14). The Balaban J connectivity index is 2.71. The molecule has 0 saturated carbocycles. The zero-order chi connectivity index (χ0) is 12.9. The molecule has 0 spiro atoms. The molecule has 0 aliphatic heterocycles. The van der Waals surface area contributed by atoms with Gasteiger partial charge in [0.05, 0.1) is 4.90 Å². The summed E-state index contributed by atoms with van der Waals surface area (Å²) in [6, 6.07) is 4.68. The van der Waals surface area contributed by atoms with Crippen molar-refractivity contribution in [3.05, 3.63) is 29.8 Å². The molecule has 1 N–H and O–H groups in total. The lowest BCUT2D eigenvalue weighted by Crippen LogP contribution is -2.24. The number of alkyl halides is 1. The van der Waals surface area contributed by atoms with Gasteiger partial charge in [0.2, 0.25) is 0 Å². The van der Waals surface area contributed by atoms with Gasteiger partial charge in [-0.2, -0.15) is 8.42 Å². The molecule has 0 aromatic heterocycles. The monoisotopic (exact) mass is 323 g/mol. The fourth-order valence-corrected chi connectivity index (χ4v) is 1.88. The zero-order valence-electron chi connectivity index (χ0n) is 8.82. The topological polar surface area (TPSA) is 63.2 Å². The molecule has 1 rings (SSSR count). The van der Waals surface area contributed by atoms with Crippen LogP contribution in [-0.2, 0) is 10.2 Å². The Morgan fingerprint density at radius 3 is 2.35 bits per heavy atom. The third-order valence-electron chi connectivity index (χ3n) is 1.99. The Kier molecular flexibility index (Phi) is 5.07. The predicted octanol–water partition coefficient (Wildman–Crippen LogP) is 1.86. The van der Waals surface area contributed by atoms with E-state index >= 15 is 0 Å². The number of carbonyl (C=O) groups excluding carboxylic acids is 1. The molecule has 0 saturated heterocycles. The van der Waals surface area contributed by atoms with Crippen molar-refractivity contribution in [1.29, 1.82) is 0 Å². The van der Waals surface area contributed by atoms with Crippen LogP contribution in [0.3, 0.4) is 0 Å². The molecule has 4 nitrogen and oxygen atoms in total. The van der Waals surface area contributed by atoms with Gasteiger partial charge in [0.25, 0.3) is 5.91 Å². The highest BCUT2D eigenvalue weighted by Gasteiger charge is 2.12. The average molecular weight is 324 g/mol. The molecule has 0 atom stereocenters. The summed E-state index contributed by atoms with van der Waals surface area (Å²) in [5, 5.41) is 3.43. The van der Waals surface area contributed by atoms with Gasteiger partial charge in [0.15, 0.2) is 0 Å². The summed E-state index contributed by atoms with van der Waals surface area (Å²) in [7, 11) is -4.70. The summed E-state index contributed by atoms with van der Waals surface area (Å²) in [6.07, 6.45) is 0.794. The van der Waals surface area contributed by atoms with Gasteiger partial charge >= 0.3 is 10.2 Å². The van der Waals surface area contributed by atoms with Crippen LogP contribution in [0.15, 0.2) is 29.2 Å². The lowest BCUT2D eigenvalue weighted by atomic mass is 10.2. The minimum Gasteiger partial charge on any atom is -0.352 e. The van der Waals surface area contributed by atoms with Crippen LogP contribution in [0.1, 0.15) is 16.8 Å². The number of nitrogens with one attached hydrogen (secondary N) is 1. The second-order valence-electron chi connectivity index (χ2n) is 3.26. The molecule has 0 heterocycles. The molecule has 0 aliphatic carbocycles. The summed E-state index contributed by atoms with van der Waals surface area (Å²) in [4.78, 5) is 11.1. The molecule has 0 unspecified atom stereocenters. The SMILES string of the molecule is O=C(NCCCBr)c1ccc(S(=O)(=O)F)cc1. The smallest absolute Gasteiger partial charge is 0.332 e. The molecule has 0 aliphatic rings. The van der Waals surface area contributed by atoms with Gasteiger partial charge in [-0.05, 0) is 30.7 Å². The minimum absolute atomic E-state index is 0.298. The van der Waals surface area contributed by atoms with E-state index in [4.69, 9.17) is 0 Å². The first kappa shape index (κ1) is 14.1. The number of halogens is 2. The fraction of sp³-hybridized carbons (Fsp3) is 0.300. The van der Waals surface area contributed by atoms with E-state index in [-0.39, 0.29) is 5.91 Å². The summed E-state index contributed by atoms with van der Waals surface area (Å²) in [5.74, 6) is -0.311.